The van der Waals surface area contributed by atoms with E-state index >= 15 is 0 Å². The maximum absolute atomic E-state index is 13.3. The highest BCUT2D eigenvalue weighted by atomic mass is 32.1. The van der Waals surface area contributed by atoms with Crippen LogP contribution in [0.1, 0.15) is 12.8 Å². The molecule has 7 nitrogen and oxygen atoms in total. The minimum absolute atomic E-state index is 0.229. The number of urea groups is 1. The molecular weight excluding hydrogens is 371 g/mol. The molecule has 1 aromatic carbocycles. The van der Waals surface area contributed by atoms with Crippen molar-refractivity contribution < 1.29 is 18.7 Å². The second-order valence-electron chi connectivity index (χ2n) is 6.67. The Balaban J connectivity index is 1.59. The van der Waals surface area contributed by atoms with Gasteiger partial charge >= 0.3 is 6.03 Å². The maximum atomic E-state index is 13.3. The molecular formula is C18H23FN4O3S. The number of amides is 2. The number of methoxy groups -OCH3 is 1. The van der Waals surface area contributed by atoms with E-state index in [1.807, 2.05) is 12.1 Å². The Labute approximate surface area is 161 Å². The normalized spacial score (nSPS) is 18.7. The fourth-order valence-electron chi connectivity index (χ4n) is 3.46. The van der Waals surface area contributed by atoms with E-state index in [4.69, 9.17) is 9.47 Å². The minimum Gasteiger partial charge on any atom is -0.494 e. The number of likely N-dealkylation sites (tertiary alicyclic amines) is 1. The molecule has 1 aromatic heterocycles. The summed E-state index contributed by atoms with van der Waals surface area (Å²) in [6.45, 7) is 3.89. The summed E-state index contributed by atoms with van der Waals surface area (Å²) in [6.07, 6.45) is -0.0262. The lowest BCUT2D eigenvalue weighted by Gasteiger charge is -2.29. The zero-order chi connectivity index (χ0) is 18.8. The molecule has 4 rings (SSSR count). The summed E-state index contributed by atoms with van der Waals surface area (Å²) >= 11 is 1.43. The number of hydrogen-bond acceptors (Lipinski definition) is 6. The summed E-state index contributed by atoms with van der Waals surface area (Å²) in [6, 6.07) is 3.71. The van der Waals surface area contributed by atoms with Crippen molar-refractivity contribution in [1.82, 2.24) is 9.88 Å². The lowest BCUT2D eigenvalue weighted by Crippen LogP contribution is -2.41. The van der Waals surface area contributed by atoms with Crippen molar-refractivity contribution in [1.29, 1.82) is 0 Å². The highest BCUT2D eigenvalue weighted by molar-refractivity contribution is 7.23. The largest absolute Gasteiger partial charge is 0.494 e. The Bertz CT molecular complexity index is 816. The number of thiazole rings is 1. The Hall–Kier alpha value is -2.13. The van der Waals surface area contributed by atoms with Gasteiger partial charge in [-0.1, -0.05) is 11.3 Å². The van der Waals surface area contributed by atoms with Crippen LogP contribution < -0.4 is 15.0 Å². The van der Waals surface area contributed by atoms with E-state index in [2.05, 4.69) is 15.2 Å². The smallest absolute Gasteiger partial charge is 0.323 e. The Morgan fingerprint density at radius 2 is 2.04 bits per heavy atom. The van der Waals surface area contributed by atoms with Gasteiger partial charge in [0.2, 0.25) is 0 Å². The Morgan fingerprint density at radius 1 is 1.30 bits per heavy atom. The number of benzene rings is 1. The number of carbonyl (C=O) groups excluding carboxylic acids is 1. The highest BCUT2D eigenvalue weighted by Gasteiger charge is 2.24. The molecule has 2 amide bonds. The quantitative estimate of drug-likeness (QED) is 0.867. The number of fused-ring (bicyclic) bond motifs is 1. The molecule has 0 bridgehead atoms. The van der Waals surface area contributed by atoms with Crippen LogP contribution in [-0.4, -0.2) is 68.6 Å². The zero-order valence-electron chi connectivity index (χ0n) is 15.2. The molecule has 2 aliphatic heterocycles. The standard InChI is InChI=1S/C18H23FN4O3S/c1-25-14-3-2-13(22-8-10-26-11-9-22)16-15(14)20-17(27-16)21-18(24)23-6-4-12(19)5-7-23/h2-3,12H,4-11H2,1H3,(H,20,21,24). The third kappa shape index (κ3) is 3.79. The van der Waals surface area contributed by atoms with Crippen LogP contribution in [0.2, 0.25) is 0 Å². The second-order valence-corrected chi connectivity index (χ2v) is 7.67. The molecule has 0 radical (unpaired) electrons. The second kappa shape index (κ2) is 7.85. The number of hydrogen-bond donors (Lipinski definition) is 1. The van der Waals surface area contributed by atoms with Crippen LogP contribution >= 0.6 is 11.3 Å². The number of alkyl halides is 1. The third-order valence-electron chi connectivity index (χ3n) is 4.98. The van der Waals surface area contributed by atoms with E-state index in [1.54, 1.807) is 12.0 Å². The van der Waals surface area contributed by atoms with Crippen LogP contribution in [0.5, 0.6) is 5.75 Å². The summed E-state index contributed by atoms with van der Waals surface area (Å²) in [7, 11) is 1.61. The number of ether oxygens (including phenoxy) is 2. The molecule has 146 valence electrons. The SMILES string of the molecule is COc1ccc(N2CCOCC2)c2sc(NC(=O)N3CCC(F)CC3)nc12. The van der Waals surface area contributed by atoms with E-state index in [0.29, 0.717) is 50.0 Å². The van der Waals surface area contributed by atoms with Gasteiger partial charge in [0.05, 0.1) is 30.7 Å². The molecule has 2 fully saturated rings. The van der Waals surface area contributed by atoms with E-state index in [0.717, 1.165) is 29.0 Å². The summed E-state index contributed by atoms with van der Waals surface area (Å²) in [5.41, 5.74) is 1.81. The van der Waals surface area contributed by atoms with E-state index in [9.17, 15) is 9.18 Å². The number of carbonyl (C=O) groups is 1. The van der Waals surface area contributed by atoms with Crippen molar-refractivity contribution in [2.45, 2.75) is 19.0 Å². The molecule has 0 saturated carbocycles. The third-order valence-corrected chi connectivity index (χ3v) is 5.98. The fraction of sp³-hybridized carbons (Fsp3) is 0.556. The van der Waals surface area contributed by atoms with Gasteiger partial charge in [-0.15, -0.1) is 0 Å². The van der Waals surface area contributed by atoms with E-state index < -0.39 is 6.17 Å². The monoisotopic (exact) mass is 394 g/mol. The zero-order valence-corrected chi connectivity index (χ0v) is 16.1. The molecule has 9 heteroatoms. The fourth-order valence-corrected chi connectivity index (χ4v) is 4.48. The molecule has 1 N–H and O–H groups in total. The molecule has 0 aliphatic carbocycles. The first kappa shape index (κ1) is 18.2. The van der Waals surface area contributed by atoms with Gasteiger partial charge in [0, 0.05) is 26.2 Å². The van der Waals surface area contributed by atoms with Crippen molar-refractivity contribution in [3.63, 3.8) is 0 Å². The molecule has 2 saturated heterocycles. The lowest BCUT2D eigenvalue weighted by molar-refractivity contribution is 0.123. The van der Waals surface area contributed by atoms with Gasteiger partial charge in [-0.3, -0.25) is 5.32 Å². The number of piperidine rings is 1. The summed E-state index contributed by atoms with van der Waals surface area (Å²) in [4.78, 5) is 21.0. The first-order valence-electron chi connectivity index (χ1n) is 9.16. The molecule has 3 heterocycles. The number of nitrogens with one attached hydrogen (secondary N) is 1. The van der Waals surface area contributed by atoms with Crippen molar-refractivity contribution in [2.75, 3.05) is 56.7 Å². The molecule has 2 aliphatic rings. The highest BCUT2D eigenvalue weighted by Crippen LogP contribution is 2.39. The predicted molar refractivity (Wildman–Crippen MR) is 104 cm³/mol. The van der Waals surface area contributed by atoms with Gasteiger partial charge in [0.1, 0.15) is 17.4 Å². The Morgan fingerprint density at radius 3 is 2.74 bits per heavy atom. The average Bonchev–Trinajstić information content (AvgIpc) is 3.11. The van der Waals surface area contributed by atoms with Gasteiger partial charge < -0.3 is 19.3 Å². The predicted octanol–water partition coefficient (Wildman–Crippen LogP) is 3.11. The van der Waals surface area contributed by atoms with E-state index in [1.165, 1.54) is 11.3 Å². The molecule has 0 atom stereocenters. The molecule has 0 spiro atoms. The number of anilines is 2. The van der Waals surface area contributed by atoms with Gasteiger partial charge in [-0.25, -0.2) is 14.2 Å². The van der Waals surface area contributed by atoms with Crippen LogP contribution in [0.25, 0.3) is 10.2 Å². The number of halogens is 1. The topological polar surface area (TPSA) is 66.9 Å². The summed E-state index contributed by atoms with van der Waals surface area (Å²) in [5.74, 6) is 0.678. The van der Waals surface area contributed by atoms with Gasteiger partial charge in [0.15, 0.2) is 5.13 Å². The molecule has 27 heavy (non-hydrogen) atoms. The van der Waals surface area contributed by atoms with Crippen LogP contribution in [0.3, 0.4) is 0 Å². The number of aromatic nitrogens is 1. The van der Waals surface area contributed by atoms with Crippen LogP contribution in [0.15, 0.2) is 12.1 Å². The van der Waals surface area contributed by atoms with Crippen molar-refractivity contribution in [2.24, 2.45) is 0 Å². The maximum Gasteiger partial charge on any atom is 0.323 e. The lowest BCUT2D eigenvalue weighted by atomic mass is 10.1. The van der Waals surface area contributed by atoms with Crippen LogP contribution in [0, 0.1) is 0 Å². The van der Waals surface area contributed by atoms with Crippen LogP contribution in [-0.2, 0) is 4.74 Å². The van der Waals surface area contributed by atoms with Gasteiger partial charge in [-0.05, 0) is 25.0 Å². The first-order valence-corrected chi connectivity index (χ1v) is 9.97. The Kier molecular flexibility index (Phi) is 5.31. The minimum atomic E-state index is -0.808. The van der Waals surface area contributed by atoms with Crippen molar-refractivity contribution in [3.05, 3.63) is 12.1 Å². The first-order chi connectivity index (χ1) is 13.2. The van der Waals surface area contributed by atoms with Crippen molar-refractivity contribution >= 4 is 38.4 Å². The molecule has 0 unspecified atom stereocenters. The van der Waals surface area contributed by atoms with Crippen molar-refractivity contribution in [3.8, 4) is 5.75 Å². The summed E-state index contributed by atoms with van der Waals surface area (Å²) < 4.78 is 25.2. The number of morpholine rings is 1. The number of rotatable bonds is 3. The average molecular weight is 394 g/mol. The molecule has 2 aromatic rings. The number of nitrogens with zero attached hydrogens (tertiary/aromatic N) is 3. The van der Waals surface area contributed by atoms with Crippen LogP contribution in [0.4, 0.5) is 20.0 Å². The van der Waals surface area contributed by atoms with Gasteiger partial charge in [0.25, 0.3) is 0 Å². The summed E-state index contributed by atoms with van der Waals surface area (Å²) in [5, 5.41) is 3.39. The van der Waals surface area contributed by atoms with Gasteiger partial charge in [-0.2, -0.15) is 0 Å². The van der Waals surface area contributed by atoms with E-state index in [-0.39, 0.29) is 6.03 Å².